The van der Waals surface area contributed by atoms with Crippen LogP contribution >= 0.6 is 0 Å². The van der Waals surface area contributed by atoms with E-state index in [9.17, 15) is 9.90 Å². The molecule has 2 aromatic rings. The molecule has 0 spiro atoms. The first kappa shape index (κ1) is 17.5. The van der Waals surface area contributed by atoms with Crippen molar-refractivity contribution in [2.45, 2.75) is 56.9 Å². The lowest BCUT2D eigenvalue weighted by atomic mass is 9.77. The Balaban J connectivity index is 1.78. The molecule has 0 atom stereocenters. The van der Waals surface area contributed by atoms with E-state index in [1.807, 2.05) is 30.3 Å². The lowest BCUT2D eigenvalue weighted by Gasteiger charge is -2.34. The number of hydrogen-bond acceptors (Lipinski definition) is 2. The third-order valence-electron chi connectivity index (χ3n) is 5.25. The fourth-order valence-corrected chi connectivity index (χ4v) is 3.98. The molecule has 0 unspecified atom stereocenters. The van der Waals surface area contributed by atoms with Crippen LogP contribution in [0.25, 0.3) is 0 Å². The van der Waals surface area contributed by atoms with E-state index >= 15 is 0 Å². The van der Waals surface area contributed by atoms with E-state index in [1.165, 1.54) is 0 Å². The summed E-state index contributed by atoms with van der Waals surface area (Å²) in [6, 6.07) is 17.4. The minimum atomic E-state index is -0.395. The molecule has 0 aromatic heterocycles. The van der Waals surface area contributed by atoms with Gasteiger partial charge in [0.2, 0.25) is 5.91 Å². The number of nitrogens with one attached hydrogen (secondary N) is 1. The molecular weight excluding hydrogens is 310 g/mol. The minimum Gasteiger partial charge on any atom is -0.508 e. The van der Waals surface area contributed by atoms with Gasteiger partial charge in [0.25, 0.3) is 0 Å². The van der Waals surface area contributed by atoms with Gasteiger partial charge in [-0.1, -0.05) is 55.3 Å². The molecular formula is C22H27NO2. The molecule has 1 amide bonds. The molecule has 2 N–H and O–H groups in total. The fourth-order valence-electron chi connectivity index (χ4n) is 3.98. The van der Waals surface area contributed by atoms with E-state index in [0.717, 1.165) is 43.2 Å². The van der Waals surface area contributed by atoms with Gasteiger partial charge >= 0.3 is 0 Å². The normalized spacial score (nSPS) is 16.6. The number of phenolic OH excluding ortho intramolecular Hbond substituents is 1. The molecule has 1 aliphatic carbocycles. The average Bonchev–Trinajstić information content (AvgIpc) is 3.08. The second-order valence-electron chi connectivity index (χ2n) is 7.84. The lowest BCUT2D eigenvalue weighted by molar-refractivity contribution is -0.128. The first-order valence-corrected chi connectivity index (χ1v) is 9.07. The smallest absolute Gasteiger partial charge is 0.231 e. The third kappa shape index (κ3) is 3.87. The number of benzene rings is 2. The van der Waals surface area contributed by atoms with Gasteiger partial charge in [-0.3, -0.25) is 4.79 Å². The van der Waals surface area contributed by atoms with Crippen molar-refractivity contribution in [2.75, 3.05) is 0 Å². The highest BCUT2D eigenvalue weighted by atomic mass is 16.3. The largest absolute Gasteiger partial charge is 0.508 e. The van der Waals surface area contributed by atoms with Crippen LogP contribution < -0.4 is 5.32 Å². The van der Waals surface area contributed by atoms with Crippen molar-refractivity contribution >= 4 is 5.91 Å². The van der Waals surface area contributed by atoms with Gasteiger partial charge < -0.3 is 10.4 Å². The van der Waals surface area contributed by atoms with Crippen LogP contribution in [0.4, 0.5) is 0 Å². The molecule has 3 nitrogen and oxygen atoms in total. The first-order valence-electron chi connectivity index (χ1n) is 9.07. The maximum atomic E-state index is 13.3. The van der Waals surface area contributed by atoms with Crippen molar-refractivity contribution in [2.24, 2.45) is 0 Å². The quantitative estimate of drug-likeness (QED) is 0.852. The summed E-state index contributed by atoms with van der Waals surface area (Å²) < 4.78 is 0. The van der Waals surface area contributed by atoms with Crippen LogP contribution in [0.5, 0.6) is 5.75 Å². The van der Waals surface area contributed by atoms with E-state index < -0.39 is 5.41 Å². The Bertz CT molecular complexity index is 713. The summed E-state index contributed by atoms with van der Waals surface area (Å²) >= 11 is 0. The predicted molar refractivity (Wildman–Crippen MR) is 101 cm³/mol. The number of aromatic hydroxyl groups is 1. The number of carbonyl (C=O) groups excluding carboxylic acids is 1. The Hall–Kier alpha value is -2.29. The van der Waals surface area contributed by atoms with Crippen LogP contribution in [-0.4, -0.2) is 16.6 Å². The van der Waals surface area contributed by atoms with Gasteiger partial charge in [-0.05, 0) is 56.4 Å². The molecule has 1 aliphatic rings. The molecule has 25 heavy (non-hydrogen) atoms. The van der Waals surface area contributed by atoms with E-state index in [2.05, 4.69) is 31.3 Å². The number of amides is 1. The third-order valence-corrected chi connectivity index (χ3v) is 5.25. The molecule has 0 radical (unpaired) electrons. The molecule has 132 valence electrons. The van der Waals surface area contributed by atoms with Crippen molar-refractivity contribution in [3.63, 3.8) is 0 Å². The predicted octanol–water partition coefficient (Wildman–Crippen LogP) is 4.34. The van der Waals surface area contributed by atoms with E-state index in [1.54, 1.807) is 12.1 Å². The van der Waals surface area contributed by atoms with Crippen LogP contribution in [-0.2, 0) is 16.6 Å². The molecule has 2 aromatic carbocycles. The summed E-state index contributed by atoms with van der Waals surface area (Å²) in [7, 11) is 0. The van der Waals surface area contributed by atoms with Gasteiger partial charge in [0, 0.05) is 5.54 Å². The van der Waals surface area contributed by atoms with Crippen molar-refractivity contribution in [3.8, 4) is 5.75 Å². The van der Waals surface area contributed by atoms with Crippen molar-refractivity contribution < 1.29 is 9.90 Å². The van der Waals surface area contributed by atoms with E-state index in [0.29, 0.717) is 0 Å². The Kier molecular flexibility index (Phi) is 4.85. The van der Waals surface area contributed by atoms with Crippen LogP contribution in [0.3, 0.4) is 0 Å². The highest BCUT2D eigenvalue weighted by Crippen LogP contribution is 2.41. The molecule has 1 fully saturated rings. The molecule has 0 heterocycles. The molecule has 0 bridgehead atoms. The zero-order valence-corrected chi connectivity index (χ0v) is 15.1. The van der Waals surface area contributed by atoms with Gasteiger partial charge in [-0.15, -0.1) is 0 Å². The van der Waals surface area contributed by atoms with Crippen LogP contribution in [0, 0.1) is 0 Å². The zero-order valence-electron chi connectivity index (χ0n) is 15.1. The molecule has 0 saturated heterocycles. The summed E-state index contributed by atoms with van der Waals surface area (Å²) in [4.78, 5) is 13.3. The highest BCUT2D eigenvalue weighted by molar-refractivity contribution is 5.89. The van der Waals surface area contributed by atoms with Crippen molar-refractivity contribution in [1.29, 1.82) is 0 Å². The minimum absolute atomic E-state index is 0.139. The lowest BCUT2D eigenvalue weighted by Crippen LogP contribution is -2.52. The molecule has 3 rings (SSSR count). The first-order chi connectivity index (χ1) is 11.9. The topological polar surface area (TPSA) is 49.3 Å². The summed E-state index contributed by atoms with van der Waals surface area (Å²) in [5.74, 6) is 0.402. The average molecular weight is 337 g/mol. The Labute approximate surface area is 150 Å². The monoisotopic (exact) mass is 337 g/mol. The second kappa shape index (κ2) is 6.91. The fraction of sp³-hybridized carbons (Fsp3) is 0.409. The number of carbonyl (C=O) groups is 1. The van der Waals surface area contributed by atoms with Gasteiger partial charge in [0.15, 0.2) is 0 Å². The highest BCUT2D eigenvalue weighted by Gasteiger charge is 2.44. The standard InChI is InChI=1S/C22H27NO2/c1-21(2,16-17-10-12-19(24)13-11-17)23-20(25)22(14-6-7-15-22)18-8-4-3-5-9-18/h3-5,8-13,24H,6-7,14-16H2,1-2H3,(H,23,25). The molecule has 1 saturated carbocycles. The molecule has 3 heteroatoms. The summed E-state index contributed by atoms with van der Waals surface area (Å²) in [6.07, 6.45) is 4.75. The van der Waals surface area contributed by atoms with Crippen molar-refractivity contribution in [1.82, 2.24) is 5.32 Å². The van der Waals surface area contributed by atoms with Crippen LogP contribution in [0.2, 0.25) is 0 Å². The van der Waals surface area contributed by atoms with E-state index in [4.69, 9.17) is 0 Å². The maximum absolute atomic E-state index is 13.3. The number of hydrogen-bond donors (Lipinski definition) is 2. The summed E-state index contributed by atoms with van der Waals surface area (Å²) in [6.45, 7) is 4.12. The van der Waals surface area contributed by atoms with Gasteiger partial charge in [0.05, 0.1) is 5.41 Å². The van der Waals surface area contributed by atoms with E-state index in [-0.39, 0.29) is 17.2 Å². The number of rotatable bonds is 5. The number of phenols is 1. The summed E-state index contributed by atoms with van der Waals surface area (Å²) in [5.41, 5.74) is 1.49. The van der Waals surface area contributed by atoms with Crippen LogP contribution in [0.15, 0.2) is 54.6 Å². The Morgan fingerprint density at radius 2 is 1.64 bits per heavy atom. The summed E-state index contributed by atoms with van der Waals surface area (Å²) in [5, 5.41) is 12.7. The SMILES string of the molecule is CC(C)(Cc1ccc(O)cc1)NC(=O)C1(c2ccccc2)CCCC1. The van der Waals surface area contributed by atoms with Gasteiger partial charge in [-0.2, -0.15) is 0 Å². The van der Waals surface area contributed by atoms with Gasteiger partial charge in [0.1, 0.15) is 5.75 Å². The van der Waals surface area contributed by atoms with Crippen LogP contribution in [0.1, 0.15) is 50.7 Å². The second-order valence-corrected chi connectivity index (χ2v) is 7.84. The zero-order chi connectivity index (χ0) is 17.9. The molecule has 0 aliphatic heterocycles. The van der Waals surface area contributed by atoms with Gasteiger partial charge in [-0.25, -0.2) is 0 Å². The van der Waals surface area contributed by atoms with Crippen molar-refractivity contribution in [3.05, 3.63) is 65.7 Å². The Morgan fingerprint density at radius 3 is 2.24 bits per heavy atom. The maximum Gasteiger partial charge on any atom is 0.231 e. The Morgan fingerprint density at radius 1 is 1.04 bits per heavy atom.